The van der Waals surface area contributed by atoms with Crippen molar-refractivity contribution in [1.29, 1.82) is 0 Å². The molecule has 48 heavy (non-hydrogen) atoms. The Bertz CT molecular complexity index is 1380. The van der Waals surface area contributed by atoms with E-state index in [1.165, 1.54) is 6.08 Å². The molecule has 6 aliphatic rings. The monoisotopic (exact) mass is 684 g/mol. The normalized spacial score (nSPS) is 49.3. The number of rotatable bonds is 7. The van der Waals surface area contributed by atoms with Crippen LogP contribution in [0, 0.1) is 40.4 Å². The lowest BCUT2D eigenvalue weighted by Crippen LogP contribution is -2.79. The van der Waals surface area contributed by atoms with E-state index >= 15 is 0 Å². The molecule has 16 nitrogen and oxygen atoms in total. The average Bonchev–Trinajstić information content (AvgIpc) is 3.34. The van der Waals surface area contributed by atoms with Crippen molar-refractivity contribution >= 4 is 23.7 Å². The molecule has 4 unspecified atom stereocenters. The van der Waals surface area contributed by atoms with E-state index in [1.54, 1.807) is 27.7 Å². The molecule has 0 radical (unpaired) electrons. The van der Waals surface area contributed by atoms with Crippen LogP contribution in [0.4, 0.5) is 0 Å². The molecule has 268 valence electrons. The molecule has 6 N–H and O–H groups in total. The fraction of sp³-hybridized carbons (Fsp3) is 0.812. The molecule has 2 saturated carbocycles. The Kier molecular flexibility index (Phi) is 8.76. The van der Waals surface area contributed by atoms with E-state index in [0.717, 1.165) is 7.11 Å². The maximum atomic E-state index is 13.8. The number of fused-ring (bicyclic) bond motifs is 2. The van der Waals surface area contributed by atoms with Crippen LogP contribution in [0.2, 0.25) is 0 Å². The van der Waals surface area contributed by atoms with Crippen LogP contribution in [0.25, 0.3) is 0 Å². The van der Waals surface area contributed by atoms with Gasteiger partial charge in [0, 0.05) is 23.7 Å². The number of carbonyl (C=O) groups is 4. The van der Waals surface area contributed by atoms with E-state index in [0.29, 0.717) is 0 Å². The second-order valence-corrected chi connectivity index (χ2v) is 14.7. The van der Waals surface area contributed by atoms with Crippen molar-refractivity contribution in [2.45, 2.75) is 101 Å². The molecule has 3 aliphatic heterocycles. The molecular weight excluding hydrogens is 640 g/mol. The van der Waals surface area contributed by atoms with Gasteiger partial charge in [0.2, 0.25) is 18.0 Å². The number of ether oxygens (including phenoxy) is 6. The molecule has 6 rings (SSSR count). The number of aliphatic hydroxyl groups is 6. The quantitative estimate of drug-likeness (QED) is 0.122. The van der Waals surface area contributed by atoms with Crippen LogP contribution in [-0.2, 0) is 47.6 Å². The molecule has 3 saturated heterocycles. The van der Waals surface area contributed by atoms with E-state index in [4.69, 9.17) is 28.4 Å². The van der Waals surface area contributed by atoms with Gasteiger partial charge in [-0.3, -0.25) is 9.59 Å². The van der Waals surface area contributed by atoms with Gasteiger partial charge in [0.25, 0.3) is 0 Å². The number of Topliss-reactive ketones (excluding diaryl/α,β-unsaturated/α-hetero) is 1. The van der Waals surface area contributed by atoms with Crippen LogP contribution < -0.4 is 0 Å². The van der Waals surface area contributed by atoms with Crippen molar-refractivity contribution in [3.05, 3.63) is 11.8 Å². The molecule has 16 atom stereocenters. The molecule has 0 aromatic carbocycles. The topological polar surface area (TPSA) is 245 Å². The predicted octanol–water partition coefficient (Wildman–Crippen LogP) is -2.29. The fourth-order valence-corrected chi connectivity index (χ4v) is 9.70. The van der Waals surface area contributed by atoms with Gasteiger partial charge in [-0.15, -0.1) is 0 Å². The Morgan fingerprint density at radius 2 is 1.73 bits per heavy atom. The lowest BCUT2D eigenvalue weighted by atomic mass is 9.38. The highest BCUT2D eigenvalue weighted by Gasteiger charge is 2.85. The second kappa shape index (κ2) is 12.0. The summed E-state index contributed by atoms with van der Waals surface area (Å²) in [6.07, 6.45) is -13.3. The number of ketones is 1. The molecule has 0 amide bonds. The molecule has 1 spiro atoms. The summed E-state index contributed by atoms with van der Waals surface area (Å²) < 4.78 is 34.2. The smallest absolute Gasteiger partial charge is 0.348 e. The largest absolute Gasteiger partial charge is 0.467 e. The lowest BCUT2D eigenvalue weighted by molar-refractivity contribution is -0.296. The zero-order valence-corrected chi connectivity index (χ0v) is 27.3. The van der Waals surface area contributed by atoms with Gasteiger partial charge in [-0.2, -0.15) is 0 Å². The van der Waals surface area contributed by atoms with Gasteiger partial charge in [0.1, 0.15) is 36.6 Å². The Balaban J connectivity index is 1.47. The van der Waals surface area contributed by atoms with Gasteiger partial charge in [0.15, 0.2) is 11.5 Å². The number of methoxy groups -OCH3 is 1. The Morgan fingerprint density at radius 1 is 1.04 bits per heavy atom. The van der Waals surface area contributed by atoms with Gasteiger partial charge in [-0.05, 0) is 29.7 Å². The highest BCUT2D eigenvalue weighted by molar-refractivity contribution is 5.96. The SMILES string of the molecule is COC(=O)[C@@]12OC[C@]34C([C@@H](O)C1O)[C@@]1(C)C=C(O[C@@H]5O[C@H](CO)[C@@H](O)[C@@H](O)[C@H]5O)C(=O)C(C)C1C[C@H]3OC(=O)[C@H](OC(=O)CC(C)C)[C@H]42. The summed E-state index contributed by atoms with van der Waals surface area (Å²) in [7, 11) is 1.06. The standard InChI is InChI=1S/C32H44O16/c1-11(2)6-17(34)48-23-25-31-10-44-32(25,29(42)43-5)26(40)22(39)24(31)30(4)8-14(18(35)12(3)13(30)7-16(31)47-27(23)41)45-28-21(38)20(37)19(36)15(9-33)46-28/h8,11-13,15-16,19-26,28,33,36-40H,6-7,9-10H2,1-5H3/t12?,13?,15-,16-,19-,20-,21-,22-,23-,24?,25-,26?,28-,30+,31-,32+/m1/s1. The molecule has 3 aliphatic carbocycles. The van der Waals surface area contributed by atoms with Crippen LogP contribution in [0.3, 0.4) is 0 Å². The number of carbonyl (C=O) groups excluding carboxylic acids is 4. The second-order valence-electron chi connectivity index (χ2n) is 14.7. The summed E-state index contributed by atoms with van der Waals surface area (Å²) in [6.45, 7) is 5.84. The number of hydrogen-bond acceptors (Lipinski definition) is 16. The molecular formula is C32H44O16. The highest BCUT2D eigenvalue weighted by Crippen LogP contribution is 2.72. The van der Waals surface area contributed by atoms with Crippen LogP contribution in [-0.4, -0.2) is 135 Å². The maximum Gasteiger partial charge on any atom is 0.348 e. The van der Waals surface area contributed by atoms with E-state index in [9.17, 15) is 49.8 Å². The molecule has 5 fully saturated rings. The number of hydrogen-bond donors (Lipinski definition) is 6. The van der Waals surface area contributed by atoms with Crippen LogP contribution in [0.1, 0.15) is 40.5 Å². The first-order chi connectivity index (χ1) is 22.5. The summed E-state index contributed by atoms with van der Waals surface area (Å²) in [5.74, 6) is -7.71. The predicted molar refractivity (Wildman–Crippen MR) is 155 cm³/mol. The Hall–Kier alpha value is -2.70. The third-order valence-electron chi connectivity index (χ3n) is 11.7. The summed E-state index contributed by atoms with van der Waals surface area (Å²) in [4.78, 5) is 54.0. The van der Waals surface area contributed by atoms with Crippen LogP contribution in [0.5, 0.6) is 0 Å². The van der Waals surface area contributed by atoms with Crippen molar-refractivity contribution in [2.24, 2.45) is 40.4 Å². The van der Waals surface area contributed by atoms with Crippen molar-refractivity contribution in [3.63, 3.8) is 0 Å². The highest BCUT2D eigenvalue weighted by atomic mass is 16.7. The number of esters is 3. The molecule has 0 aromatic rings. The first-order valence-electron chi connectivity index (χ1n) is 16.2. The molecule has 16 heteroatoms. The molecule has 2 bridgehead atoms. The minimum absolute atomic E-state index is 0.0576. The van der Waals surface area contributed by atoms with Gasteiger partial charge in [-0.25, -0.2) is 9.59 Å². The lowest BCUT2D eigenvalue weighted by Gasteiger charge is -2.67. The van der Waals surface area contributed by atoms with E-state index in [1.807, 2.05) is 0 Å². The van der Waals surface area contributed by atoms with Crippen LogP contribution >= 0.6 is 0 Å². The van der Waals surface area contributed by atoms with Crippen molar-refractivity contribution < 1.29 is 78.2 Å². The third-order valence-corrected chi connectivity index (χ3v) is 11.7. The van der Waals surface area contributed by atoms with E-state index in [-0.39, 0.29) is 31.1 Å². The minimum Gasteiger partial charge on any atom is -0.467 e. The summed E-state index contributed by atoms with van der Waals surface area (Å²) in [6, 6.07) is 0. The fourth-order valence-electron chi connectivity index (χ4n) is 9.70. The van der Waals surface area contributed by atoms with E-state index in [2.05, 4.69) is 0 Å². The maximum absolute atomic E-state index is 13.8. The third kappa shape index (κ3) is 4.63. The van der Waals surface area contributed by atoms with Crippen LogP contribution in [0.15, 0.2) is 11.8 Å². The first kappa shape index (κ1) is 35.1. The van der Waals surface area contributed by atoms with Gasteiger partial charge < -0.3 is 59.1 Å². The van der Waals surface area contributed by atoms with Crippen molar-refractivity contribution in [1.82, 2.24) is 0 Å². The zero-order valence-electron chi connectivity index (χ0n) is 27.3. The molecule has 3 heterocycles. The number of aliphatic hydroxyl groups excluding tert-OH is 6. The summed E-state index contributed by atoms with van der Waals surface area (Å²) in [5.41, 5.74) is -5.03. The van der Waals surface area contributed by atoms with Gasteiger partial charge in [-0.1, -0.05) is 27.7 Å². The van der Waals surface area contributed by atoms with Gasteiger partial charge >= 0.3 is 17.9 Å². The summed E-state index contributed by atoms with van der Waals surface area (Å²) >= 11 is 0. The minimum atomic E-state index is -2.32. The Morgan fingerprint density at radius 3 is 2.35 bits per heavy atom. The average molecular weight is 685 g/mol. The van der Waals surface area contributed by atoms with E-state index < -0.39 is 126 Å². The summed E-state index contributed by atoms with van der Waals surface area (Å²) in [5, 5.41) is 64.6. The zero-order chi connectivity index (χ0) is 35.2. The first-order valence-corrected chi connectivity index (χ1v) is 16.2. The molecule has 0 aromatic heterocycles. The Labute approximate surface area is 275 Å². The number of allylic oxidation sites excluding steroid dienone is 2. The van der Waals surface area contributed by atoms with Gasteiger partial charge in [0.05, 0.1) is 32.3 Å². The van der Waals surface area contributed by atoms with Crippen molar-refractivity contribution in [3.8, 4) is 0 Å². The van der Waals surface area contributed by atoms with Crippen molar-refractivity contribution in [2.75, 3.05) is 20.3 Å².